The standard InChI is InChI=1S/C25H33N7O3/c1-4-25(19-12-8-9-13-19)23(34)29-20-17(2)28-24(30-21(20)31-25)27-16-32(35-3)15-14-26-22(33)18-10-6-5-7-11-18/h5-7,10-11,19H,4,8-9,12-16H2,1-3H3,(H,26,33)(H,27,30,31). The van der Waals surface area contributed by atoms with Gasteiger partial charge in [-0.15, -0.1) is 0 Å². The van der Waals surface area contributed by atoms with E-state index in [-0.39, 0.29) is 17.7 Å². The molecule has 0 spiro atoms. The summed E-state index contributed by atoms with van der Waals surface area (Å²) in [5.41, 5.74) is 0.857. The maximum atomic E-state index is 13.0. The largest absolute Gasteiger partial charge is 0.351 e. The fourth-order valence-corrected chi connectivity index (χ4v) is 4.84. The van der Waals surface area contributed by atoms with Gasteiger partial charge in [-0.2, -0.15) is 10.0 Å². The molecule has 2 heterocycles. The second-order valence-corrected chi connectivity index (χ2v) is 8.94. The van der Waals surface area contributed by atoms with Crippen LogP contribution < -0.4 is 21.5 Å². The first-order valence-corrected chi connectivity index (χ1v) is 12.2. The molecule has 1 atom stereocenters. The van der Waals surface area contributed by atoms with Gasteiger partial charge in [0.2, 0.25) is 5.95 Å². The van der Waals surface area contributed by atoms with Gasteiger partial charge in [0.1, 0.15) is 10.9 Å². The lowest BCUT2D eigenvalue weighted by molar-refractivity contribution is -0.125. The lowest BCUT2D eigenvalue weighted by Gasteiger charge is -2.32. The molecule has 0 radical (unpaired) electrons. The van der Waals surface area contributed by atoms with Crippen LogP contribution in [0.2, 0.25) is 0 Å². The Hall–Kier alpha value is -3.24. The number of anilines is 1. The van der Waals surface area contributed by atoms with Crippen molar-refractivity contribution in [1.82, 2.24) is 20.3 Å². The van der Waals surface area contributed by atoms with Crippen molar-refractivity contribution in [3.8, 4) is 0 Å². The number of hydrogen-bond donors (Lipinski definition) is 2. The number of nitrogens with zero attached hydrogens (tertiary/aromatic N) is 5. The zero-order chi connectivity index (χ0) is 24.8. The maximum Gasteiger partial charge on any atom is 0.274 e. The van der Waals surface area contributed by atoms with Gasteiger partial charge in [0, 0.05) is 18.7 Å². The van der Waals surface area contributed by atoms with Crippen molar-refractivity contribution in [1.29, 1.82) is 0 Å². The summed E-state index contributed by atoms with van der Waals surface area (Å²) >= 11 is 0. The van der Waals surface area contributed by atoms with E-state index >= 15 is 0 Å². The Morgan fingerprint density at radius 2 is 1.94 bits per heavy atom. The molecule has 0 saturated heterocycles. The second kappa shape index (κ2) is 11.0. The van der Waals surface area contributed by atoms with Crippen molar-refractivity contribution < 1.29 is 14.4 Å². The average Bonchev–Trinajstić information content (AvgIpc) is 3.42. The number of benzene rings is 1. The molecule has 1 aromatic heterocycles. The van der Waals surface area contributed by atoms with Crippen molar-refractivity contribution in [2.75, 3.05) is 32.2 Å². The highest BCUT2D eigenvalue weighted by Gasteiger charge is 2.46. The molecule has 2 N–H and O–H groups in total. The van der Waals surface area contributed by atoms with E-state index < -0.39 is 5.54 Å². The van der Waals surface area contributed by atoms with Gasteiger partial charge in [0.25, 0.3) is 11.8 Å². The van der Waals surface area contributed by atoms with E-state index in [1.54, 1.807) is 31.2 Å². The summed E-state index contributed by atoms with van der Waals surface area (Å²) in [5, 5.41) is 8.15. The third kappa shape index (κ3) is 5.38. The molecule has 186 valence electrons. The van der Waals surface area contributed by atoms with E-state index in [1.807, 2.05) is 25.1 Å². The third-order valence-electron chi connectivity index (χ3n) is 6.85. The van der Waals surface area contributed by atoms with Crippen LogP contribution >= 0.6 is 0 Å². The molecule has 1 aliphatic heterocycles. The summed E-state index contributed by atoms with van der Waals surface area (Å²) < 4.78 is 0. The first-order valence-electron chi connectivity index (χ1n) is 12.2. The average molecular weight is 480 g/mol. The van der Waals surface area contributed by atoms with E-state index in [1.165, 1.54) is 0 Å². The normalized spacial score (nSPS) is 19.7. The maximum absolute atomic E-state index is 13.0. The molecule has 1 saturated carbocycles. The van der Waals surface area contributed by atoms with Crippen LogP contribution in [0.5, 0.6) is 0 Å². The Kier molecular flexibility index (Phi) is 7.82. The molecule has 1 fully saturated rings. The van der Waals surface area contributed by atoms with E-state index in [0.717, 1.165) is 25.7 Å². The number of fused-ring (bicyclic) bond motifs is 1. The Balaban J connectivity index is 1.43. The molecule has 10 heteroatoms. The number of carbonyl (C=O) groups excluding carboxylic acids is 2. The van der Waals surface area contributed by atoms with Crippen LogP contribution in [-0.2, 0) is 9.63 Å². The minimum atomic E-state index is -0.822. The van der Waals surface area contributed by atoms with Gasteiger partial charge in [0.05, 0.1) is 19.5 Å². The molecule has 2 aromatic rings. The van der Waals surface area contributed by atoms with Crippen LogP contribution in [0.25, 0.3) is 0 Å². The number of aryl methyl sites for hydroxylation is 1. The summed E-state index contributed by atoms with van der Waals surface area (Å²) in [5.74, 6) is 0.291. The van der Waals surface area contributed by atoms with Crippen molar-refractivity contribution >= 4 is 17.8 Å². The summed E-state index contributed by atoms with van der Waals surface area (Å²) in [6, 6.07) is 9.07. The molecular weight excluding hydrogens is 446 g/mol. The van der Waals surface area contributed by atoms with Gasteiger partial charge < -0.3 is 15.5 Å². The summed E-state index contributed by atoms with van der Waals surface area (Å²) in [6.07, 6.45) is 4.84. The van der Waals surface area contributed by atoms with E-state index in [9.17, 15) is 9.59 Å². The minimum Gasteiger partial charge on any atom is -0.351 e. The molecular formula is C25H33N7O3. The lowest BCUT2D eigenvalue weighted by Crippen LogP contribution is -2.51. The predicted molar refractivity (Wildman–Crippen MR) is 130 cm³/mol. The number of carbonyl (C=O) groups is 2. The molecule has 35 heavy (non-hydrogen) atoms. The van der Waals surface area contributed by atoms with E-state index in [0.29, 0.717) is 54.2 Å². The number of aromatic nitrogens is 2. The highest BCUT2D eigenvalue weighted by molar-refractivity contribution is 5.94. The Bertz CT molecular complexity index is 1180. The number of hydroxylamine groups is 2. The Morgan fingerprint density at radius 1 is 1.20 bits per heavy atom. The monoisotopic (exact) mass is 479 g/mol. The van der Waals surface area contributed by atoms with Crippen LogP contribution in [-0.4, -0.2) is 59.3 Å². The highest BCUT2D eigenvalue weighted by atomic mass is 16.7. The summed E-state index contributed by atoms with van der Waals surface area (Å²) in [7, 11) is 1.57. The quantitative estimate of drug-likeness (QED) is 0.392. The summed E-state index contributed by atoms with van der Waals surface area (Å²) in [4.78, 5) is 49.0. The first-order chi connectivity index (χ1) is 17.0. The van der Waals surface area contributed by atoms with Gasteiger partial charge in [0.15, 0.2) is 5.49 Å². The van der Waals surface area contributed by atoms with Gasteiger partial charge in [-0.1, -0.05) is 38.0 Å². The van der Waals surface area contributed by atoms with E-state index in [2.05, 4.69) is 25.6 Å². The van der Waals surface area contributed by atoms with Gasteiger partial charge in [-0.05, 0) is 44.2 Å². The smallest absolute Gasteiger partial charge is 0.274 e. The highest BCUT2D eigenvalue weighted by Crippen LogP contribution is 2.39. The third-order valence-corrected chi connectivity index (χ3v) is 6.85. The number of amides is 2. The molecule has 0 bridgehead atoms. The van der Waals surface area contributed by atoms with E-state index in [4.69, 9.17) is 9.83 Å². The number of rotatable bonds is 10. The fraction of sp³-hybridized carbons (Fsp3) is 0.520. The zero-order valence-corrected chi connectivity index (χ0v) is 20.6. The van der Waals surface area contributed by atoms with Crippen LogP contribution in [0, 0.1) is 12.8 Å². The van der Waals surface area contributed by atoms with Crippen LogP contribution in [0.3, 0.4) is 0 Å². The molecule has 1 aromatic carbocycles. The number of nitrogens with one attached hydrogen (secondary N) is 2. The van der Waals surface area contributed by atoms with Crippen LogP contribution in [0.1, 0.15) is 55.1 Å². The molecule has 10 nitrogen and oxygen atoms in total. The first kappa shape index (κ1) is 24.9. The number of hydrogen-bond acceptors (Lipinski definition) is 8. The predicted octanol–water partition coefficient (Wildman–Crippen LogP) is 1.57. The topological polar surface area (TPSA) is 121 Å². The molecule has 2 amide bonds. The lowest BCUT2D eigenvalue weighted by atomic mass is 9.79. The minimum absolute atomic E-state index is 0.134. The Morgan fingerprint density at radius 3 is 2.63 bits per heavy atom. The van der Waals surface area contributed by atoms with Crippen LogP contribution in [0.15, 0.2) is 40.3 Å². The van der Waals surface area contributed by atoms with Gasteiger partial charge >= 0.3 is 0 Å². The van der Waals surface area contributed by atoms with Crippen molar-refractivity contribution in [2.45, 2.75) is 51.5 Å². The van der Waals surface area contributed by atoms with Crippen molar-refractivity contribution in [3.05, 3.63) is 52.4 Å². The summed E-state index contributed by atoms with van der Waals surface area (Å²) in [6.45, 7) is 4.97. The fourth-order valence-electron chi connectivity index (χ4n) is 4.84. The second-order valence-electron chi connectivity index (χ2n) is 8.94. The Labute approximate surface area is 204 Å². The zero-order valence-electron chi connectivity index (χ0n) is 20.6. The molecule has 2 aliphatic rings. The van der Waals surface area contributed by atoms with Gasteiger partial charge in [-0.3, -0.25) is 9.59 Å². The van der Waals surface area contributed by atoms with Crippen molar-refractivity contribution in [3.63, 3.8) is 0 Å². The van der Waals surface area contributed by atoms with Gasteiger partial charge in [-0.25, -0.2) is 15.0 Å². The van der Waals surface area contributed by atoms with Crippen molar-refractivity contribution in [2.24, 2.45) is 15.9 Å². The molecule has 1 aliphatic carbocycles. The molecule has 4 rings (SSSR count). The van der Waals surface area contributed by atoms with Crippen LogP contribution in [0.4, 0.5) is 5.95 Å². The SMILES string of the molecule is CCC1(C2CCCC2)N=c2nc(NCN(CCNC(=O)c3ccccc3)OC)nc(C)c2=NC1=O. The molecule has 1 unspecified atom stereocenters.